The average Bonchev–Trinajstić information content (AvgIpc) is 3.22. The van der Waals surface area contributed by atoms with Gasteiger partial charge in [-0.1, -0.05) is 72.6 Å². The lowest BCUT2D eigenvalue weighted by molar-refractivity contribution is -0.147. The first kappa shape index (κ1) is 57.9. The predicted octanol–water partition coefficient (Wildman–Crippen LogP) is 5.25. The van der Waals surface area contributed by atoms with E-state index < -0.39 is 95.8 Å². The molecule has 1 aliphatic carbocycles. The molecule has 7 amide bonds. The van der Waals surface area contributed by atoms with E-state index in [0.717, 1.165) is 44.9 Å². The molecule has 0 spiro atoms. The van der Waals surface area contributed by atoms with Crippen LogP contribution in [0.1, 0.15) is 160 Å². The predicted molar refractivity (Wildman–Crippen MR) is 252 cm³/mol. The summed E-state index contributed by atoms with van der Waals surface area (Å²) in [4.78, 5) is 98.3. The molecule has 0 bridgehead atoms. The second-order valence-corrected chi connectivity index (χ2v) is 20.6. The number of unbranched alkanes of at least 4 members (excludes halogenated alkanes) is 4. The van der Waals surface area contributed by atoms with Gasteiger partial charge in [0.25, 0.3) is 0 Å². The summed E-state index contributed by atoms with van der Waals surface area (Å²) in [5, 5.41) is 16.8. The van der Waals surface area contributed by atoms with Crippen molar-refractivity contribution in [1.29, 1.82) is 0 Å². The van der Waals surface area contributed by atoms with Gasteiger partial charge in [0.05, 0.1) is 31.8 Å². The molecule has 1 saturated carbocycles. The smallest absolute Gasteiger partial charge is 0.407 e. The van der Waals surface area contributed by atoms with E-state index in [-0.39, 0.29) is 37.6 Å². The van der Waals surface area contributed by atoms with Gasteiger partial charge in [0.1, 0.15) is 35.4 Å². The Bertz CT molecular complexity index is 1540. The molecule has 18 heteroatoms. The standard InChI is InChI=1S/C48H87N7O11/c1-13-14-15-19-24-38-33(5)44(60)55(12)37(27-31(2)3)42(58)54-39(34-22-17-16-18-23-34)43(59)52-35(28-50-46(62)66-48(9,10)11)40(56)53-36(41(57)51-32(4)29-64-38)30-63-26-21-20-25-49-45(61)65-47(6,7)8/h31-39H,13-30H2,1-12H3,(H,49,61)(H,50,62)(H,51,57)(H,52,59)(H,53,56)(H,54,58)/t32-,33-,35+,36+,37+,38-,39+/m1/s1. The monoisotopic (exact) mass is 938 g/mol. The first-order valence-electron chi connectivity index (χ1n) is 24.5. The van der Waals surface area contributed by atoms with E-state index in [2.05, 4.69) is 38.8 Å². The molecule has 1 heterocycles. The Labute approximate surface area is 395 Å². The fourth-order valence-electron chi connectivity index (χ4n) is 8.00. The van der Waals surface area contributed by atoms with Crippen molar-refractivity contribution in [2.75, 3.05) is 40.0 Å². The number of nitrogens with zero attached hydrogens (tertiary/aromatic N) is 1. The van der Waals surface area contributed by atoms with Crippen LogP contribution < -0.4 is 31.9 Å². The van der Waals surface area contributed by atoms with Crippen LogP contribution >= 0.6 is 0 Å². The molecular weight excluding hydrogens is 851 g/mol. The number of hydrogen-bond donors (Lipinski definition) is 6. The zero-order valence-electron chi connectivity index (χ0n) is 42.4. The van der Waals surface area contributed by atoms with Gasteiger partial charge < -0.3 is 55.7 Å². The van der Waals surface area contributed by atoms with Crippen LogP contribution in [0.5, 0.6) is 0 Å². The largest absolute Gasteiger partial charge is 0.444 e. The first-order chi connectivity index (χ1) is 30.9. The zero-order chi connectivity index (χ0) is 49.6. The molecule has 2 fully saturated rings. The Morgan fingerprint density at radius 1 is 0.758 bits per heavy atom. The average molecular weight is 938 g/mol. The Kier molecular flexibility index (Phi) is 25.3. The summed E-state index contributed by atoms with van der Waals surface area (Å²) in [6.45, 7) is 19.9. The third-order valence-corrected chi connectivity index (χ3v) is 11.5. The van der Waals surface area contributed by atoms with Crippen molar-refractivity contribution < 1.29 is 52.5 Å². The Morgan fingerprint density at radius 3 is 1.97 bits per heavy atom. The molecule has 2 rings (SSSR count). The van der Waals surface area contributed by atoms with Crippen LogP contribution in [0, 0.1) is 17.8 Å². The van der Waals surface area contributed by atoms with E-state index in [1.54, 1.807) is 62.4 Å². The third kappa shape index (κ3) is 22.5. The number of carbonyl (C=O) groups excluding carboxylic acids is 7. The van der Waals surface area contributed by atoms with Crippen LogP contribution in [-0.4, -0.2) is 134 Å². The maximum absolute atomic E-state index is 14.6. The van der Waals surface area contributed by atoms with Crippen LogP contribution in [0.4, 0.5) is 9.59 Å². The van der Waals surface area contributed by atoms with Gasteiger partial charge in [0.2, 0.25) is 29.5 Å². The van der Waals surface area contributed by atoms with Gasteiger partial charge in [-0.15, -0.1) is 0 Å². The molecule has 7 atom stereocenters. The maximum Gasteiger partial charge on any atom is 0.407 e. The second-order valence-electron chi connectivity index (χ2n) is 20.6. The molecule has 66 heavy (non-hydrogen) atoms. The Hall–Kier alpha value is -4.19. The zero-order valence-corrected chi connectivity index (χ0v) is 42.4. The number of rotatable bonds is 17. The van der Waals surface area contributed by atoms with Crippen molar-refractivity contribution in [1.82, 2.24) is 36.8 Å². The number of likely N-dealkylation sites (N-methyl/N-ethyl adjacent to an activating group) is 1. The molecule has 2 aliphatic rings. The molecule has 0 aromatic carbocycles. The maximum atomic E-state index is 14.6. The molecule has 18 nitrogen and oxygen atoms in total. The summed E-state index contributed by atoms with van der Waals surface area (Å²) in [6.07, 6.45) is 7.91. The van der Waals surface area contributed by atoms with Gasteiger partial charge in [0.15, 0.2) is 0 Å². The van der Waals surface area contributed by atoms with Crippen LogP contribution in [0.25, 0.3) is 0 Å². The molecule has 0 aromatic heterocycles. The lowest BCUT2D eigenvalue weighted by atomic mass is 9.83. The highest BCUT2D eigenvalue weighted by Crippen LogP contribution is 2.28. The van der Waals surface area contributed by atoms with E-state index in [1.165, 1.54) is 4.90 Å². The Morgan fingerprint density at radius 2 is 1.36 bits per heavy atom. The van der Waals surface area contributed by atoms with Crippen molar-refractivity contribution >= 4 is 41.7 Å². The fourth-order valence-corrected chi connectivity index (χ4v) is 8.00. The molecule has 6 N–H and O–H groups in total. The quantitative estimate of drug-likeness (QED) is 0.103. The number of nitrogens with one attached hydrogen (secondary N) is 6. The number of alkyl carbamates (subject to hydrolysis) is 2. The third-order valence-electron chi connectivity index (χ3n) is 11.5. The highest BCUT2D eigenvalue weighted by molar-refractivity contribution is 5.96. The summed E-state index contributed by atoms with van der Waals surface area (Å²) >= 11 is 0. The van der Waals surface area contributed by atoms with Gasteiger partial charge in [-0.3, -0.25) is 24.0 Å². The van der Waals surface area contributed by atoms with Gasteiger partial charge >= 0.3 is 12.2 Å². The van der Waals surface area contributed by atoms with Crippen molar-refractivity contribution in [3.05, 3.63) is 0 Å². The number of hydrogen-bond acceptors (Lipinski definition) is 11. The summed E-state index contributed by atoms with van der Waals surface area (Å²) in [7, 11) is 1.62. The molecule has 0 radical (unpaired) electrons. The molecule has 1 aliphatic heterocycles. The molecule has 1 saturated heterocycles. The van der Waals surface area contributed by atoms with Crippen LogP contribution in [0.2, 0.25) is 0 Å². The topological polar surface area (TPSA) is 232 Å². The first-order valence-corrected chi connectivity index (χ1v) is 24.5. The fraction of sp³-hybridized carbons (Fsp3) is 0.854. The van der Waals surface area contributed by atoms with E-state index in [4.69, 9.17) is 18.9 Å². The number of amides is 7. The van der Waals surface area contributed by atoms with Gasteiger partial charge in [0, 0.05) is 26.2 Å². The molecule has 380 valence electrons. The van der Waals surface area contributed by atoms with Crippen molar-refractivity contribution in [2.24, 2.45) is 17.8 Å². The second kappa shape index (κ2) is 28.9. The van der Waals surface area contributed by atoms with Crippen LogP contribution in [-0.2, 0) is 42.9 Å². The highest BCUT2D eigenvalue weighted by Gasteiger charge is 2.39. The summed E-state index contributed by atoms with van der Waals surface area (Å²) < 4.78 is 23.1. The van der Waals surface area contributed by atoms with E-state index in [0.29, 0.717) is 45.1 Å². The van der Waals surface area contributed by atoms with Crippen molar-refractivity contribution in [2.45, 2.75) is 207 Å². The lowest BCUT2D eigenvalue weighted by Crippen LogP contribution is -2.62. The summed E-state index contributed by atoms with van der Waals surface area (Å²) in [5.41, 5.74) is -1.49. The van der Waals surface area contributed by atoms with Gasteiger partial charge in [-0.2, -0.15) is 0 Å². The minimum Gasteiger partial charge on any atom is -0.444 e. The molecule has 0 aromatic rings. The van der Waals surface area contributed by atoms with Crippen molar-refractivity contribution in [3.8, 4) is 0 Å². The van der Waals surface area contributed by atoms with E-state index >= 15 is 0 Å². The van der Waals surface area contributed by atoms with Crippen LogP contribution in [0.3, 0.4) is 0 Å². The van der Waals surface area contributed by atoms with Gasteiger partial charge in [-0.05, 0) is 98.8 Å². The highest BCUT2D eigenvalue weighted by atomic mass is 16.6. The minimum atomic E-state index is -1.42. The summed E-state index contributed by atoms with van der Waals surface area (Å²) in [5.74, 6) is -3.66. The Balaban J connectivity index is 2.57. The normalized spacial score (nSPS) is 25.1. The van der Waals surface area contributed by atoms with E-state index in [1.807, 2.05) is 13.8 Å². The molecular formula is C48H87N7O11. The SMILES string of the molecule is CCCCCC[C@H]1OC[C@@H](C)NC(=O)[C@H](COCCCCNC(=O)OC(C)(C)C)NC(=O)[C@H](CNC(=O)OC(C)(C)C)NC(=O)[C@H](C2CCCCC2)NC(=O)[C@H](CC(C)C)N(C)C(=O)[C@@H]1C. The van der Waals surface area contributed by atoms with E-state index in [9.17, 15) is 33.6 Å². The van der Waals surface area contributed by atoms with Crippen LogP contribution in [0.15, 0.2) is 0 Å². The lowest BCUT2D eigenvalue weighted by Gasteiger charge is -2.36. The van der Waals surface area contributed by atoms with Gasteiger partial charge in [-0.25, -0.2) is 9.59 Å². The van der Waals surface area contributed by atoms with Crippen molar-refractivity contribution in [3.63, 3.8) is 0 Å². The number of carbonyl (C=O) groups is 7. The number of ether oxygens (including phenoxy) is 4. The minimum absolute atomic E-state index is 0.0190. The summed E-state index contributed by atoms with van der Waals surface area (Å²) in [6, 6.07) is -5.23. The molecule has 0 unspecified atom stereocenters.